The van der Waals surface area contributed by atoms with Crippen LogP contribution < -0.4 is 4.74 Å². The van der Waals surface area contributed by atoms with Gasteiger partial charge >= 0.3 is 0 Å². The second-order valence-corrected chi connectivity index (χ2v) is 8.49. The molecule has 0 aliphatic rings. The number of rotatable bonds is 6. The number of carbonyl (C=O) groups is 2. The third kappa shape index (κ3) is 5.84. The Kier molecular flexibility index (Phi) is 6.66. The zero-order valence-corrected chi connectivity index (χ0v) is 15.1. The van der Waals surface area contributed by atoms with Gasteiger partial charge in [0.05, 0.1) is 7.11 Å². The van der Waals surface area contributed by atoms with Crippen LogP contribution in [0.5, 0.6) is 5.75 Å². The summed E-state index contributed by atoms with van der Waals surface area (Å²) >= 11 is 1.35. The molecule has 22 heavy (non-hydrogen) atoms. The number of benzene rings is 1. The minimum Gasteiger partial charge on any atom is -0.497 e. The number of methoxy groups -OCH3 is 1. The van der Waals surface area contributed by atoms with Crippen LogP contribution in [-0.4, -0.2) is 22.8 Å². The first-order chi connectivity index (χ1) is 10.1. The van der Waals surface area contributed by atoms with Crippen LogP contribution in [0.2, 0.25) is 0 Å². The predicted octanol–water partition coefficient (Wildman–Crippen LogP) is 4.60. The van der Waals surface area contributed by atoms with Crippen molar-refractivity contribution in [1.29, 1.82) is 0 Å². The van der Waals surface area contributed by atoms with E-state index in [0.717, 1.165) is 5.75 Å². The van der Waals surface area contributed by atoms with Gasteiger partial charge in [-0.15, -0.1) is 0 Å². The Morgan fingerprint density at radius 2 is 1.68 bits per heavy atom. The lowest BCUT2D eigenvalue weighted by Crippen LogP contribution is -2.23. The van der Waals surface area contributed by atoms with Crippen molar-refractivity contribution in [3.63, 3.8) is 0 Å². The van der Waals surface area contributed by atoms with Crippen LogP contribution in [0, 0.1) is 11.8 Å². The topological polar surface area (TPSA) is 43.4 Å². The van der Waals surface area contributed by atoms with Crippen molar-refractivity contribution in [3.05, 3.63) is 29.8 Å². The first kappa shape index (κ1) is 18.8. The van der Waals surface area contributed by atoms with Crippen LogP contribution in [0.25, 0.3) is 0 Å². The molecular formula is C18H26O3S. The van der Waals surface area contributed by atoms with Gasteiger partial charge in [-0.2, -0.15) is 0 Å². The molecule has 1 rings (SSSR count). The molecule has 2 atom stereocenters. The molecule has 0 heterocycles. The lowest BCUT2D eigenvalue weighted by atomic mass is 9.90. The fourth-order valence-electron chi connectivity index (χ4n) is 1.99. The Hall–Kier alpha value is -1.29. The Bertz CT molecular complexity index is 514. The molecule has 0 unspecified atom stereocenters. The van der Waals surface area contributed by atoms with Gasteiger partial charge in [0.2, 0.25) is 0 Å². The molecule has 1 aromatic rings. The molecule has 0 amide bonds. The van der Waals surface area contributed by atoms with E-state index in [4.69, 9.17) is 4.74 Å². The third-order valence-electron chi connectivity index (χ3n) is 3.55. The van der Waals surface area contributed by atoms with Crippen molar-refractivity contribution in [2.45, 2.75) is 45.8 Å². The van der Waals surface area contributed by atoms with Gasteiger partial charge in [-0.3, -0.25) is 9.59 Å². The van der Waals surface area contributed by atoms with E-state index < -0.39 is 0 Å². The molecule has 0 N–H and O–H groups in total. The van der Waals surface area contributed by atoms with E-state index in [1.54, 1.807) is 31.4 Å². The molecule has 3 nitrogen and oxygen atoms in total. The Labute approximate surface area is 137 Å². The Morgan fingerprint density at radius 1 is 1.14 bits per heavy atom. The minimum absolute atomic E-state index is 0.0250. The first-order valence-electron chi connectivity index (χ1n) is 7.54. The molecule has 0 spiro atoms. The van der Waals surface area contributed by atoms with E-state index in [9.17, 15) is 9.59 Å². The highest BCUT2D eigenvalue weighted by molar-refractivity contribution is 8.14. The average Bonchev–Trinajstić information content (AvgIpc) is 2.44. The zero-order valence-electron chi connectivity index (χ0n) is 14.3. The predicted molar refractivity (Wildman–Crippen MR) is 92.6 cm³/mol. The fourth-order valence-corrected chi connectivity index (χ4v) is 3.01. The van der Waals surface area contributed by atoms with Gasteiger partial charge in [0.15, 0.2) is 10.9 Å². The molecule has 0 aliphatic heterocycles. The van der Waals surface area contributed by atoms with Crippen molar-refractivity contribution in [1.82, 2.24) is 0 Å². The SMILES string of the molecule is COc1ccc(C(=O)C[C@@H](C)[C@@H](C)C(=O)SC(C)(C)C)cc1. The quantitative estimate of drug-likeness (QED) is 0.718. The number of thioether (sulfide) groups is 1. The van der Waals surface area contributed by atoms with Gasteiger partial charge in [-0.25, -0.2) is 0 Å². The molecule has 0 radical (unpaired) electrons. The normalized spacial score (nSPS) is 14.3. The second kappa shape index (κ2) is 7.82. The lowest BCUT2D eigenvalue weighted by molar-refractivity contribution is -0.115. The monoisotopic (exact) mass is 322 g/mol. The highest BCUT2D eigenvalue weighted by Crippen LogP contribution is 2.31. The minimum atomic E-state index is -0.133. The van der Waals surface area contributed by atoms with Crippen molar-refractivity contribution in [3.8, 4) is 5.75 Å². The van der Waals surface area contributed by atoms with Gasteiger partial charge in [0, 0.05) is 22.6 Å². The standard InChI is InChI=1S/C18H26O3S/c1-12(13(2)17(20)22-18(3,4)5)11-16(19)14-7-9-15(21-6)10-8-14/h7-10,12-13H,11H2,1-6H3/t12-,13-/m1/s1. The van der Waals surface area contributed by atoms with Crippen LogP contribution in [-0.2, 0) is 4.79 Å². The van der Waals surface area contributed by atoms with Gasteiger partial charge < -0.3 is 4.74 Å². The molecule has 0 bridgehead atoms. The maximum absolute atomic E-state index is 12.3. The van der Waals surface area contributed by atoms with Crippen LogP contribution in [0.4, 0.5) is 0 Å². The summed E-state index contributed by atoms with van der Waals surface area (Å²) in [6.07, 6.45) is 0.379. The van der Waals surface area contributed by atoms with E-state index in [-0.39, 0.29) is 27.5 Å². The van der Waals surface area contributed by atoms with Crippen LogP contribution in [0.15, 0.2) is 24.3 Å². The molecule has 0 saturated heterocycles. The van der Waals surface area contributed by atoms with E-state index in [1.807, 2.05) is 34.6 Å². The van der Waals surface area contributed by atoms with E-state index in [2.05, 4.69) is 0 Å². The summed E-state index contributed by atoms with van der Waals surface area (Å²) in [6.45, 7) is 9.95. The molecule has 0 aliphatic carbocycles. The van der Waals surface area contributed by atoms with Crippen molar-refractivity contribution < 1.29 is 14.3 Å². The van der Waals surface area contributed by atoms with Crippen LogP contribution >= 0.6 is 11.8 Å². The number of ether oxygens (including phenoxy) is 1. The van der Waals surface area contributed by atoms with Crippen LogP contribution in [0.3, 0.4) is 0 Å². The first-order valence-corrected chi connectivity index (χ1v) is 8.36. The summed E-state index contributed by atoms with van der Waals surface area (Å²) in [5, 5.41) is 0.155. The highest BCUT2D eigenvalue weighted by Gasteiger charge is 2.27. The maximum Gasteiger partial charge on any atom is 0.192 e. The highest BCUT2D eigenvalue weighted by atomic mass is 32.2. The van der Waals surface area contributed by atoms with Gasteiger partial charge in [-0.05, 0) is 30.2 Å². The molecular weight excluding hydrogens is 296 g/mol. The molecule has 1 aromatic carbocycles. The van der Waals surface area contributed by atoms with Crippen molar-refractivity contribution >= 4 is 22.7 Å². The largest absolute Gasteiger partial charge is 0.497 e. The summed E-state index contributed by atoms with van der Waals surface area (Å²) in [5.74, 6) is 0.689. The number of ketones is 1. The molecule has 0 aromatic heterocycles. The van der Waals surface area contributed by atoms with E-state index in [0.29, 0.717) is 12.0 Å². The second-order valence-electron chi connectivity index (χ2n) is 6.66. The summed E-state index contributed by atoms with van der Waals surface area (Å²) < 4.78 is 5.00. The van der Waals surface area contributed by atoms with E-state index >= 15 is 0 Å². The van der Waals surface area contributed by atoms with Gasteiger partial charge in [0.1, 0.15) is 5.75 Å². The number of Topliss-reactive ketones (excluding diaryl/α,β-unsaturated/α-hetero) is 1. The van der Waals surface area contributed by atoms with Crippen LogP contribution in [0.1, 0.15) is 51.4 Å². The molecule has 4 heteroatoms. The number of carbonyl (C=O) groups excluding carboxylic acids is 2. The number of hydrogen-bond acceptors (Lipinski definition) is 4. The summed E-state index contributed by atoms with van der Waals surface area (Å²) in [7, 11) is 1.60. The summed E-state index contributed by atoms with van der Waals surface area (Å²) in [5.41, 5.74) is 0.663. The summed E-state index contributed by atoms with van der Waals surface area (Å²) in [4.78, 5) is 24.5. The molecule has 122 valence electrons. The lowest BCUT2D eigenvalue weighted by Gasteiger charge is -2.22. The van der Waals surface area contributed by atoms with Crippen molar-refractivity contribution in [2.24, 2.45) is 11.8 Å². The van der Waals surface area contributed by atoms with Gasteiger partial charge in [-0.1, -0.05) is 46.4 Å². The van der Waals surface area contributed by atoms with E-state index in [1.165, 1.54) is 11.8 Å². The Morgan fingerprint density at radius 3 is 2.14 bits per heavy atom. The maximum atomic E-state index is 12.3. The van der Waals surface area contributed by atoms with Crippen molar-refractivity contribution in [2.75, 3.05) is 7.11 Å². The summed E-state index contributed by atoms with van der Waals surface area (Å²) in [6, 6.07) is 7.10. The average molecular weight is 322 g/mol. The molecule has 0 saturated carbocycles. The smallest absolute Gasteiger partial charge is 0.192 e. The third-order valence-corrected chi connectivity index (χ3v) is 4.74. The number of hydrogen-bond donors (Lipinski definition) is 0. The molecule has 0 fully saturated rings. The van der Waals surface area contributed by atoms with Gasteiger partial charge in [0.25, 0.3) is 0 Å². The zero-order chi connectivity index (χ0) is 16.9. The fraction of sp³-hybridized carbons (Fsp3) is 0.556. The Balaban J connectivity index is 2.64.